The first-order chi connectivity index (χ1) is 8.58. The number of rotatable bonds is 3. The SMILES string of the molecule is O=C(Nc1nccs1)c1ccc(F)cc1[N+](=O)[O-]. The molecule has 92 valence electrons. The zero-order valence-electron chi connectivity index (χ0n) is 8.79. The van der Waals surface area contributed by atoms with E-state index in [9.17, 15) is 19.3 Å². The van der Waals surface area contributed by atoms with Crippen LogP contribution >= 0.6 is 11.3 Å². The van der Waals surface area contributed by atoms with Crippen LogP contribution in [0.5, 0.6) is 0 Å². The largest absolute Gasteiger partial charge is 0.298 e. The average Bonchev–Trinajstić information content (AvgIpc) is 2.81. The average molecular weight is 267 g/mol. The monoisotopic (exact) mass is 267 g/mol. The normalized spacial score (nSPS) is 10.1. The number of nitro groups is 1. The molecule has 0 aliphatic heterocycles. The molecular formula is C10H6FN3O3S. The lowest BCUT2D eigenvalue weighted by molar-refractivity contribution is -0.385. The van der Waals surface area contributed by atoms with E-state index in [4.69, 9.17) is 0 Å². The molecule has 1 aromatic carbocycles. The summed E-state index contributed by atoms with van der Waals surface area (Å²) in [6, 6.07) is 2.76. The number of nitro benzene ring substituents is 1. The number of halogens is 1. The third-order valence-corrected chi connectivity index (χ3v) is 2.74. The van der Waals surface area contributed by atoms with E-state index >= 15 is 0 Å². The zero-order chi connectivity index (χ0) is 13.1. The number of benzene rings is 1. The first-order valence-electron chi connectivity index (χ1n) is 4.72. The van der Waals surface area contributed by atoms with Gasteiger partial charge in [0.15, 0.2) is 5.13 Å². The minimum Gasteiger partial charge on any atom is -0.298 e. The summed E-state index contributed by atoms with van der Waals surface area (Å²) >= 11 is 1.18. The fraction of sp³-hybridized carbons (Fsp3) is 0. The van der Waals surface area contributed by atoms with E-state index in [0.717, 1.165) is 12.1 Å². The van der Waals surface area contributed by atoms with Crippen LogP contribution in [0.25, 0.3) is 0 Å². The topological polar surface area (TPSA) is 85.1 Å². The number of carbonyl (C=O) groups excluding carboxylic acids is 1. The first-order valence-corrected chi connectivity index (χ1v) is 5.60. The van der Waals surface area contributed by atoms with Crippen molar-refractivity contribution in [2.45, 2.75) is 0 Å². The fourth-order valence-electron chi connectivity index (χ4n) is 1.30. The van der Waals surface area contributed by atoms with Gasteiger partial charge in [0, 0.05) is 11.6 Å². The molecule has 0 atom stereocenters. The second-order valence-electron chi connectivity index (χ2n) is 3.21. The van der Waals surface area contributed by atoms with Gasteiger partial charge in [0.05, 0.1) is 11.0 Å². The summed E-state index contributed by atoms with van der Waals surface area (Å²) in [5, 5.41) is 15.1. The minimum absolute atomic E-state index is 0.211. The van der Waals surface area contributed by atoms with Crippen LogP contribution in [0.2, 0.25) is 0 Å². The maximum atomic E-state index is 12.9. The molecule has 1 N–H and O–H groups in total. The molecule has 0 radical (unpaired) electrons. The molecular weight excluding hydrogens is 261 g/mol. The second kappa shape index (κ2) is 4.88. The number of anilines is 1. The maximum Gasteiger partial charge on any atom is 0.285 e. The highest BCUT2D eigenvalue weighted by molar-refractivity contribution is 7.13. The van der Waals surface area contributed by atoms with E-state index in [1.165, 1.54) is 17.5 Å². The Morgan fingerprint density at radius 2 is 2.28 bits per heavy atom. The molecule has 0 fully saturated rings. The van der Waals surface area contributed by atoms with Crippen LogP contribution in [0.3, 0.4) is 0 Å². The lowest BCUT2D eigenvalue weighted by Crippen LogP contribution is -2.13. The van der Waals surface area contributed by atoms with Gasteiger partial charge in [-0.1, -0.05) is 0 Å². The highest BCUT2D eigenvalue weighted by Crippen LogP contribution is 2.21. The number of hydrogen-bond donors (Lipinski definition) is 1. The number of hydrogen-bond acceptors (Lipinski definition) is 5. The van der Waals surface area contributed by atoms with Crippen LogP contribution in [-0.2, 0) is 0 Å². The molecule has 6 nitrogen and oxygen atoms in total. The van der Waals surface area contributed by atoms with Gasteiger partial charge in [-0.3, -0.25) is 20.2 Å². The Morgan fingerprint density at radius 1 is 1.50 bits per heavy atom. The highest BCUT2D eigenvalue weighted by atomic mass is 32.1. The molecule has 0 saturated carbocycles. The van der Waals surface area contributed by atoms with E-state index in [1.54, 1.807) is 5.38 Å². The van der Waals surface area contributed by atoms with Crippen molar-refractivity contribution in [1.82, 2.24) is 4.98 Å². The lowest BCUT2D eigenvalue weighted by atomic mass is 10.1. The molecule has 1 aromatic heterocycles. The van der Waals surface area contributed by atoms with Crippen molar-refractivity contribution in [2.24, 2.45) is 0 Å². The molecule has 0 aliphatic rings. The van der Waals surface area contributed by atoms with E-state index in [2.05, 4.69) is 10.3 Å². The molecule has 2 aromatic rings. The van der Waals surface area contributed by atoms with Crippen molar-refractivity contribution in [2.75, 3.05) is 5.32 Å². The summed E-state index contributed by atoms with van der Waals surface area (Å²) in [4.78, 5) is 25.5. The van der Waals surface area contributed by atoms with Crippen molar-refractivity contribution < 1.29 is 14.1 Å². The Kier molecular flexibility index (Phi) is 3.28. The quantitative estimate of drug-likeness (QED) is 0.683. The standard InChI is InChI=1S/C10H6FN3O3S/c11-6-1-2-7(8(5-6)14(16)17)9(15)13-10-12-3-4-18-10/h1-5H,(H,12,13,15). The van der Waals surface area contributed by atoms with Crippen molar-refractivity contribution in [3.63, 3.8) is 0 Å². The molecule has 0 saturated heterocycles. The number of aromatic nitrogens is 1. The molecule has 0 spiro atoms. The summed E-state index contributed by atoms with van der Waals surface area (Å²) in [5.41, 5.74) is -0.791. The zero-order valence-corrected chi connectivity index (χ0v) is 9.61. The van der Waals surface area contributed by atoms with Gasteiger partial charge in [0.25, 0.3) is 11.6 Å². The molecule has 0 unspecified atom stereocenters. The molecule has 1 heterocycles. The first kappa shape index (κ1) is 12.1. The molecule has 0 bridgehead atoms. The summed E-state index contributed by atoms with van der Waals surface area (Å²) in [7, 11) is 0. The predicted molar refractivity (Wildman–Crippen MR) is 63.1 cm³/mol. The van der Waals surface area contributed by atoms with Gasteiger partial charge in [0.2, 0.25) is 0 Å². The third-order valence-electron chi connectivity index (χ3n) is 2.05. The Hall–Kier alpha value is -2.35. The number of nitrogens with one attached hydrogen (secondary N) is 1. The maximum absolute atomic E-state index is 12.9. The molecule has 1 amide bonds. The van der Waals surface area contributed by atoms with Gasteiger partial charge < -0.3 is 0 Å². The molecule has 0 aliphatic carbocycles. The molecule has 8 heteroatoms. The fourth-order valence-corrected chi connectivity index (χ4v) is 1.82. The smallest absolute Gasteiger partial charge is 0.285 e. The van der Waals surface area contributed by atoms with Crippen LogP contribution in [0.4, 0.5) is 15.2 Å². The van der Waals surface area contributed by atoms with Crippen LogP contribution in [-0.4, -0.2) is 15.8 Å². The van der Waals surface area contributed by atoms with E-state index in [1.807, 2.05) is 0 Å². The molecule has 18 heavy (non-hydrogen) atoms. The van der Waals surface area contributed by atoms with E-state index in [0.29, 0.717) is 11.2 Å². The predicted octanol–water partition coefficient (Wildman–Crippen LogP) is 2.44. The van der Waals surface area contributed by atoms with Gasteiger partial charge in [-0.2, -0.15) is 0 Å². The van der Waals surface area contributed by atoms with Crippen LogP contribution in [0, 0.1) is 15.9 Å². The summed E-state index contributed by atoms with van der Waals surface area (Å²) in [6.07, 6.45) is 1.49. The van der Waals surface area contributed by atoms with Gasteiger partial charge in [-0.05, 0) is 12.1 Å². The van der Waals surface area contributed by atoms with Crippen molar-refractivity contribution in [3.05, 3.63) is 51.3 Å². The Morgan fingerprint density at radius 3 is 2.89 bits per heavy atom. The Balaban J connectivity index is 2.32. The number of carbonyl (C=O) groups is 1. The Labute approximate surface area is 104 Å². The van der Waals surface area contributed by atoms with Gasteiger partial charge in [0.1, 0.15) is 11.4 Å². The van der Waals surface area contributed by atoms with E-state index in [-0.39, 0.29) is 5.56 Å². The minimum atomic E-state index is -0.806. The van der Waals surface area contributed by atoms with Crippen molar-refractivity contribution >= 4 is 28.1 Å². The number of amides is 1. The van der Waals surface area contributed by atoms with Gasteiger partial charge in [-0.15, -0.1) is 11.3 Å². The lowest BCUT2D eigenvalue weighted by Gasteiger charge is -2.02. The van der Waals surface area contributed by atoms with Crippen LogP contribution in [0.1, 0.15) is 10.4 Å². The van der Waals surface area contributed by atoms with Crippen molar-refractivity contribution in [3.8, 4) is 0 Å². The van der Waals surface area contributed by atoms with Crippen LogP contribution < -0.4 is 5.32 Å². The Bertz CT molecular complexity index is 600. The van der Waals surface area contributed by atoms with Gasteiger partial charge >= 0.3 is 0 Å². The summed E-state index contributed by atoms with van der Waals surface area (Å²) in [6.45, 7) is 0. The van der Waals surface area contributed by atoms with Gasteiger partial charge in [-0.25, -0.2) is 9.37 Å². The highest BCUT2D eigenvalue weighted by Gasteiger charge is 2.21. The second-order valence-corrected chi connectivity index (χ2v) is 4.10. The number of thiazole rings is 1. The van der Waals surface area contributed by atoms with E-state index < -0.39 is 22.3 Å². The van der Waals surface area contributed by atoms with Crippen LogP contribution in [0.15, 0.2) is 29.8 Å². The number of nitrogens with zero attached hydrogens (tertiary/aromatic N) is 2. The summed E-state index contributed by atoms with van der Waals surface area (Å²) < 4.78 is 12.9. The molecule has 2 rings (SSSR count). The third kappa shape index (κ3) is 2.48. The summed E-state index contributed by atoms with van der Waals surface area (Å²) in [5.74, 6) is -1.47. The van der Waals surface area contributed by atoms with Crippen molar-refractivity contribution in [1.29, 1.82) is 0 Å².